The molecule has 1 atom stereocenters. The molecule has 0 fully saturated rings. The van der Waals surface area contributed by atoms with Gasteiger partial charge >= 0.3 is 41.5 Å². The number of ether oxygens (including phenoxy) is 2. The number of carbonyl (C=O) groups excluding carboxylic acids is 4. The van der Waals surface area contributed by atoms with Crippen LogP contribution in [-0.2, 0) is 47.4 Å². The second kappa shape index (κ2) is 11.8. The number of carboxylic acid groups (broad SMARTS) is 1. The van der Waals surface area contributed by atoms with Crippen molar-refractivity contribution in [2.24, 2.45) is 0 Å². The number of aliphatic carboxylic acids is 1. The molecule has 2 aliphatic heterocycles. The van der Waals surface area contributed by atoms with Crippen molar-refractivity contribution in [1.29, 1.82) is 0 Å². The van der Waals surface area contributed by atoms with E-state index in [0.29, 0.717) is 33.9 Å². The minimum atomic E-state index is -1.94. The molecule has 5 heterocycles. The minimum absolute atomic E-state index is 0. The first-order valence-electron chi connectivity index (χ1n) is 13.9. The Morgan fingerprint density at radius 3 is 2.64 bits per heavy atom. The number of hydrogen-bond acceptors (Lipinski definition) is 11. The predicted octanol–water partition coefficient (Wildman–Crippen LogP) is -1.45. The van der Waals surface area contributed by atoms with Crippen LogP contribution in [0.5, 0.6) is 0 Å². The van der Waals surface area contributed by atoms with Crippen LogP contribution in [0, 0.1) is 0 Å². The smallest absolute Gasteiger partial charge is 0.550 e. The monoisotopic (exact) mass is 610 g/mol. The Labute approximate surface area is 272 Å². The topological polar surface area (TPSA) is 183 Å². The van der Waals surface area contributed by atoms with E-state index in [9.17, 15) is 29.1 Å². The maximum absolute atomic E-state index is 13.8. The van der Waals surface area contributed by atoms with Crippen molar-refractivity contribution in [1.82, 2.24) is 19.9 Å². The van der Waals surface area contributed by atoms with Gasteiger partial charge in [-0.3, -0.25) is 14.4 Å². The van der Waals surface area contributed by atoms with Gasteiger partial charge in [-0.2, -0.15) is 0 Å². The fourth-order valence-corrected chi connectivity index (χ4v) is 5.57. The summed E-state index contributed by atoms with van der Waals surface area (Å²) in [6, 6.07) is 7.21. The van der Waals surface area contributed by atoms with Gasteiger partial charge in [-0.15, -0.1) is 0 Å². The van der Waals surface area contributed by atoms with Crippen LogP contribution in [0.4, 0.5) is 0 Å². The molecular formula is C30H27N4NaO9. The summed E-state index contributed by atoms with van der Waals surface area (Å²) in [5.74, 6) is -3.20. The van der Waals surface area contributed by atoms with E-state index in [2.05, 4.69) is 10.3 Å². The average molecular weight is 611 g/mol. The molecule has 13 nitrogen and oxygen atoms in total. The summed E-state index contributed by atoms with van der Waals surface area (Å²) in [4.78, 5) is 71.7. The Morgan fingerprint density at radius 1 is 1.16 bits per heavy atom. The van der Waals surface area contributed by atoms with E-state index >= 15 is 0 Å². The number of nitrogens with one attached hydrogen (secondary N) is 1. The van der Waals surface area contributed by atoms with Gasteiger partial charge in [0.2, 0.25) is 11.5 Å². The predicted molar refractivity (Wildman–Crippen MR) is 147 cm³/mol. The van der Waals surface area contributed by atoms with Crippen LogP contribution in [0.1, 0.15) is 68.5 Å². The molecule has 0 bridgehead atoms. The molecule has 0 aliphatic carbocycles. The van der Waals surface area contributed by atoms with E-state index in [1.54, 1.807) is 23.6 Å². The van der Waals surface area contributed by atoms with Crippen LogP contribution in [0.3, 0.4) is 0 Å². The van der Waals surface area contributed by atoms with E-state index in [4.69, 9.17) is 18.9 Å². The van der Waals surface area contributed by atoms with E-state index in [0.717, 1.165) is 10.9 Å². The number of rotatable bonds is 8. The zero-order valence-electron chi connectivity index (χ0n) is 24.6. The third-order valence-electron chi connectivity index (χ3n) is 7.80. The van der Waals surface area contributed by atoms with Gasteiger partial charge in [-0.05, 0) is 37.1 Å². The van der Waals surface area contributed by atoms with Crippen LogP contribution in [-0.4, -0.2) is 44.9 Å². The number of nitrogens with zero attached hydrogens (tertiary/aromatic N) is 3. The molecule has 222 valence electrons. The second-order valence-electron chi connectivity index (χ2n) is 10.9. The molecule has 44 heavy (non-hydrogen) atoms. The molecule has 1 N–H and O–H groups in total. The summed E-state index contributed by atoms with van der Waals surface area (Å²) < 4.78 is 18.4. The molecule has 0 saturated heterocycles. The van der Waals surface area contributed by atoms with E-state index in [-0.39, 0.29) is 72.6 Å². The van der Waals surface area contributed by atoms with Crippen LogP contribution >= 0.6 is 0 Å². The fraction of sp³-hybridized carbons (Fsp3) is 0.367. The van der Waals surface area contributed by atoms with E-state index < -0.39 is 47.9 Å². The molecule has 2 aliphatic rings. The summed E-state index contributed by atoms with van der Waals surface area (Å²) >= 11 is 0. The molecule has 14 heteroatoms. The van der Waals surface area contributed by atoms with E-state index in [1.807, 2.05) is 26.0 Å². The summed E-state index contributed by atoms with van der Waals surface area (Å²) in [7, 11) is 0. The number of fused-ring (bicyclic) bond motifs is 7. The standard InChI is InChI=1S/C30H28N4O9.Na/c1-4-30(43-24(38)11-31-22(35)7-8-23(36)37)18-10-20-25-15(12-34(20)28(39)17(18)13-41-29(30)40)9-16-19(32-25)5-6-21-26(16)33-27(42-21)14(2)3;/h5-6,9-10,14H,4,7-8,11-13H2,1-3H3,(H,31,35)(H,36,37);/q;+1/p-1/t30-;/m0./s1. The van der Waals surface area contributed by atoms with Crippen LogP contribution < -0.4 is 45.5 Å². The van der Waals surface area contributed by atoms with E-state index in [1.165, 1.54) is 0 Å². The van der Waals surface area contributed by atoms with Crippen molar-refractivity contribution in [3.05, 3.63) is 57.2 Å². The Bertz CT molecular complexity index is 1930. The Kier molecular flexibility index (Phi) is 8.40. The number of amides is 1. The molecule has 0 saturated carbocycles. The van der Waals surface area contributed by atoms with Gasteiger partial charge in [0.25, 0.3) is 5.56 Å². The number of hydrogen-bond donors (Lipinski definition) is 1. The van der Waals surface area contributed by atoms with Gasteiger partial charge in [0.05, 0.1) is 29.0 Å². The maximum atomic E-state index is 13.8. The van der Waals surface area contributed by atoms with Gasteiger partial charge in [0, 0.05) is 34.8 Å². The molecule has 4 aromatic rings. The molecule has 0 radical (unpaired) electrons. The van der Waals surface area contributed by atoms with Crippen molar-refractivity contribution in [2.75, 3.05) is 6.54 Å². The quantitative estimate of drug-likeness (QED) is 0.160. The summed E-state index contributed by atoms with van der Waals surface area (Å²) in [5.41, 5.74) is 1.79. The van der Waals surface area contributed by atoms with Gasteiger partial charge in [-0.1, -0.05) is 20.8 Å². The molecule has 0 spiro atoms. The number of carbonyl (C=O) groups is 4. The van der Waals surface area contributed by atoms with Gasteiger partial charge in [-0.25, -0.2) is 14.8 Å². The normalized spacial score (nSPS) is 16.6. The third kappa shape index (κ3) is 5.18. The largest absolute Gasteiger partial charge is 1.00 e. The number of benzene rings is 1. The molecule has 1 amide bonds. The van der Waals surface area contributed by atoms with Crippen molar-refractivity contribution < 1.29 is 67.7 Å². The Balaban J connectivity index is 0.00000384. The SMILES string of the molecule is CC[C@@]1(OC(=O)CNC(=O)CCC(=O)[O-])C(=O)OCc2c1cc1n(c2=O)Cc2cc3c(ccc4oc(C(C)C)nc43)nc2-1.[Na+]. The number of aromatic nitrogens is 3. The summed E-state index contributed by atoms with van der Waals surface area (Å²) in [5, 5.41) is 13.6. The number of carboxylic acids is 1. The molecule has 6 rings (SSSR count). The minimum Gasteiger partial charge on any atom is -0.550 e. The molecule has 3 aromatic heterocycles. The molecule has 1 aromatic carbocycles. The Morgan fingerprint density at radius 2 is 1.93 bits per heavy atom. The van der Waals surface area contributed by atoms with Crippen LogP contribution in [0.15, 0.2) is 33.5 Å². The van der Waals surface area contributed by atoms with Gasteiger partial charge in [0.15, 0.2) is 11.5 Å². The fourth-order valence-electron chi connectivity index (χ4n) is 5.57. The zero-order valence-corrected chi connectivity index (χ0v) is 26.6. The molecule has 0 unspecified atom stereocenters. The van der Waals surface area contributed by atoms with Crippen LogP contribution in [0.2, 0.25) is 0 Å². The number of oxazole rings is 1. The second-order valence-corrected chi connectivity index (χ2v) is 10.9. The van der Waals surface area contributed by atoms with Crippen molar-refractivity contribution in [3.63, 3.8) is 0 Å². The first-order valence-corrected chi connectivity index (χ1v) is 13.9. The van der Waals surface area contributed by atoms with Crippen molar-refractivity contribution in [2.45, 2.75) is 64.7 Å². The Hall–Kier alpha value is -4.07. The number of pyridine rings is 2. The molecular weight excluding hydrogens is 583 g/mol. The van der Waals surface area contributed by atoms with Gasteiger partial charge < -0.3 is 33.7 Å². The van der Waals surface area contributed by atoms with Gasteiger partial charge in [0.1, 0.15) is 18.7 Å². The number of esters is 2. The summed E-state index contributed by atoms with van der Waals surface area (Å²) in [6.07, 6.45) is -0.946. The maximum Gasteiger partial charge on any atom is 1.00 e. The third-order valence-corrected chi connectivity index (χ3v) is 7.80. The number of cyclic esters (lactones) is 1. The zero-order chi connectivity index (χ0) is 30.6. The van der Waals surface area contributed by atoms with Crippen molar-refractivity contribution in [3.8, 4) is 11.4 Å². The van der Waals surface area contributed by atoms with Crippen LogP contribution in [0.25, 0.3) is 33.4 Å². The summed E-state index contributed by atoms with van der Waals surface area (Å²) in [6.45, 7) is 4.91. The average Bonchev–Trinajstić information content (AvgIpc) is 3.58. The first kappa shape index (κ1) is 31.4. The first-order chi connectivity index (χ1) is 20.5. The van der Waals surface area contributed by atoms with Crippen molar-refractivity contribution >= 4 is 45.8 Å².